The number of ketones is 1. The molecule has 0 amide bonds. The summed E-state index contributed by atoms with van der Waals surface area (Å²) in [4.78, 5) is 17.5. The number of hydrogen-bond acceptors (Lipinski definition) is 4. The Balaban J connectivity index is 2.26. The minimum atomic E-state index is -0.0605. The standard InChI is InChI=1S/C18H23NO3/c1-4-15(19-22-5-2)18-16(20)10-14(11-17(18)21)13-8-6-12(3)7-9-13/h6-9,14,20H,4-5,10-11H2,1-3H3/b19-15+. The molecule has 2 rings (SSSR count). The molecule has 1 atom stereocenters. The summed E-state index contributed by atoms with van der Waals surface area (Å²) >= 11 is 0. The predicted octanol–water partition coefficient (Wildman–Crippen LogP) is 4.06. The molecule has 0 bridgehead atoms. The van der Waals surface area contributed by atoms with Crippen LogP contribution in [0.2, 0.25) is 0 Å². The predicted molar refractivity (Wildman–Crippen MR) is 87.2 cm³/mol. The van der Waals surface area contributed by atoms with E-state index in [0.717, 1.165) is 5.56 Å². The molecule has 118 valence electrons. The summed E-state index contributed by atoms with van der Waals surface area (Å²) in [5, 5.41) is 14.3. The molecule has 1 aromatic carbocycles. The van der Waals surface area contributed by atoms with Gasteiger partial charge in [-0.3, -0.25) is 4.79 Å². The van der Waals surface area contributed by atoms with Crippen molar-refractivity contribution in [3.8, 4) is 0 Å². The Morgan fingerprint density at radius 3 is 2.50 bits per heavy atom. The van der Waals surface area contributed by atoms with Crippen LogP contribution in [0.1, 0.15) is 50.2 Å². The van der Waals surface area contributed by atoms with Crippen molar-refractivity contribution in [1.29, 1.82) is 0 Å². The lowest BCUT2D eigenvalue weighted by Gasteiger charge is -2.24. The van der Waals surface area contributed by atoms with Crippen molar-refractivity contribution in [2.45, 2.75) is 46.0 Å². The normalized spacial score (nSPS) is 19.5. The quantitative estimate of drug-likeness (QED) is 0.659. The van der Waals surface area contributed by atoms with Crippen LogP contribution in [0.5, 0.6) is 0 Å². The number of oxime groups is 1. The summed E-state index contributed by atoms with van der Waals surface area (Å²) in [6, 6.07) is 8.12. The Labute approximate surface area is 131 Å². The Morgan fingerprint density at radius 1 is 1.27 bits per heavy atom. The van der Waals surface area contributed by atoms with E-state index in [1.807, 2.05) is 45.0 Å². The van der Waals surface area contributed by atoms with Gasteiger partial charge in [-0.05, 0) is 31.7 Å². The average molecular weight is 301 g/mol. The number of aryl methyl sites for hydroxylation is 1. The lowest BCUT2D eigenvalue weighted by Crippen LogP contribution is -2.23. The Kier molecular flexibility index (Phi) is 5.36. The van der Waals surface area contributed by atoms with E-state index in [-0.39, 0.29) is 17.5 Å². The Hall–Kier alpha value is -2.10. The molecule has 1 aliphatic carbocycles. The fourth-order valence-electron chi connectivity index (χ4n) is 2.73. The zero-order valence-electron chi connectivity index (χ0n) is 13.4. The number of benzene rings is 1. The second kappa shape index (κ2) is 7.25. The summed E-state index contributed by atoms with van der Waals surface area (Å²) in [6.07, 6.45) is 1.42. The van der Waals surface area contributed by atoms with E-state index in [9.17, 15) is 9.90 Å². The van der Waals surface area contributed by atoms with Gasteiger partial charge in [-0.1, -0.05) is 41.9 Å². The van der Waals surface area contributed by atoms with Crippen molar-refractivity contribution >= 4 is 11.5 Å². The average Bonchev–Trinajstić information content (AvgIpc) is 2.50. The zero-order valence-corrected chi connectivity index (χ0v) is 13.4. The molecule has 1 N–H and O–H groups in total. The Morgan fingerprint density at radius 2 is 1.95 bits per heavy atom. The number of rotatable bonds is 5. The second-order valence-electron chi connectivity index (χ2n) is 5.57. The number of carbonyl (C=O) groups excluding carboxylic acids is 1. The number of hydrogen-bond donors (Lipinski definition) is 1. The number of nitrogens with zero attached hydrogens (tertiary/aromatic N) is 1. The number of allylic oxidation sites excluding steroid dienone is 2. The summed E-state index contributed by atoms with van der Waals surface area (Å²) in [7, 11) is 0. The van der Waals surface area contributed by atoms with E-state index < -0.39 is 0 Å². The van der Waals surface area contributed by atoms with Crippen LogP contribution in [0.3, 0.4) is 0 Å². The number of Topliss-reactive ketones (excluding diaryl/α,β-unsaturated/α-hetero) is 1. The fourth-order valence-corrected chi connectivity index (χ4v) is 2.73. The van der Waals surface area contributed by atoms with Crippen LogP contribution in [0.4, 0.5) is 0 Å². The van der Waals surface area contributed by atoms with Gasteiger partial charge in [-0.25, -0.2) is 0 Å². The summed E-state index contributed by atoms with van der Waals surface area (Å²) in [6.45, 7) is 6.21. The van der Waals surface area contributed by atoms with Crippen molar-refractivity contribution in [2.75, 3.05) is 6.61 Å². The molecule has 0 aliphatic heterocycles. The van der Waals surface area contributed by atoms with Gasteiger partial charge in [-0.2, -0.15) is 0 Å². The van der Waals surface area contributed by atoms with E-state index in [2.05, 4.69) is 5.16 Å². The topological polar surface area (TPSA) is 58.9 Å². The van der Waals surface area contributed by atoms with Gasteiger partial charge in [0.1, 0.15) is 12.4 Å². The fraction of sp³-hybridized carbons (Fsp3) is 0.444. The molecule has 1 aliphatic rings. The summed E-state index contributed by atoms with van der Waals surface area (Å²) in [5.74, 6) is 0.0961. The van der Waals surface area contributed by atoms with Gasteiger partial charge in [0.15, 0.2) is 5.78 Å². The first-order chi connectivity index (χ1) is 10.6. The van der Waals surface area contributed by atoms with Crippen LogP contribution in [0, 0.1) is 6.92 Å². The highest BCUT2D eigenvalue weighted by Crippen LogP contribution is 2.34. The van der Waals surface area contributed by atoms with Gasteiger partial charge >= 0.3 is 0 Å². The molecule has 4 nitrogen and oxygen atoms in total. The first-order valence-electron chi connectivity index (χ1n) is 7.77. The van der Waals surface area contributed by atoms with Crippen molar-refractivity contribution in [3.63, 3.8) is 0 Å². The van der Waals surface area contributed by atoms with Gasteiger partial charge in [0.05, 0.1) is 11.3 Å². The molecule has 0 saturated heterocycles. The molecule has 0 spiro atoms. The van der Waals surface area contributed by atoms with Crippen molar-refractivity contribution in [1.82, 2.24) is 0 Å². The molecule has 1 unspecified atom stereocenters. The molecule has 1 aromatic rings. The maximum Gasteiger partial charge on any atom is 0.168 e. The van der Waals surface area contributed by atoms with Crippen LogP contribution in [0.25, 0.3) is 0 Å². The largest absolute Gasteiger partial charge is 0.511 e. The van der Waals surface area contributed by atoms with Gasteiger partial charge in [0.25, 0.3) is 0 Å². The van der Waals surface area contributed by atoms with Crippen LogP contribution in [-0.4, -0.2) is 23.2 Å². The molecule has 0 heterocycles. The van der Waals surface area contributed by atoms with Gasteiger partial charge in [0, 0.05) is 12.8 Å². The van der Waals surface area contributed by atoms with E-state index in [1.54, 1.807) is 0 Å². The lowest BCUT2D eigenvalue weighted by atomic mass is 9.81. The van der Waals surface area contributed by atoms with E-state index in [4.69, 9.17) is 4.84 Å². The van der Waals surface area contributed by atoms with Crippen LogP contribution >= 0.6 is 0 Å². The zero-order chi connectivity index (χ0) is 16.1. The number of carbonyl (C=O) groups is 1. The highest BCUT2D eigenvalue weighted by atomic mass is 16.6. The van der Waals surface area contributed by atoms with Crippen molar-refractivity contribution < 1.29 is 14.7 Å². The highest BCUT2D eigenvalue weighted by molar-refractivity contribution is 6.23. The number of aliphatic hydroxyl groups is 1. The SMILES string of the molecule is CCO/N=C(\CC)C1=C(O)CC(c2ccc(C)cc2)CC1=O. The molecule has 0 saturated carbocycles. The van der Waals surface area contributed by atoms with E-state index in [1.165, 1.54) is 5.56 Å². The smallest absolute Gasteiger partial charge is 0.168 e. The van der Waals surface area contributed by atoms with Gasteiger partial charge in [-0.15, -0.1) is 0 Å². The summed E-state index contributed by atoms with van der Waals surface area (Å²) in [5.41, 5.74) is 3.15. The van der Waals surface area contributed by atoms with Crippen molar-refractivity contribution in [3.05, 3.63) is 46.7 Å². The minimum Gasteiger partial charge on any atom is -0.511 e. The van der Waals surface area contributed by atoms with Crippen molar-refractivity contribution in [2.24, 2.45) is 5.16 Å². The first-order valence-corrected chi connectivity index (χ1v) is 7.77. The third-order valence-electron chi connectivity index (χ3n) is 3.92. The van der Waals surface area contributed by atoms with Gasteiger partial charge in [0.2, 0.25) is 0 Å². The van der Waals surface area contributed by atoms with Crippen LogP contribution in [-0.2, 0) is 9.63 Å². The third kappa shape index (κ3) is 3.56. The maximum atomic E-state index is 12.5. The number of aliphatic hydroxyl groups excluding tert-OH is 1. The second-order valence-corrected chi connectivity index (χ2v) is 5.57. The molecular formula is C18H23NO3. The van der Waals surface area contributed by atoms with E-state index >= 15 is 0 Å². The minimum absolute atomic E-state index is 0.0297. The van der Waals surface area contributed by atoms with E-state index in [0.29, 0.717) is 37.2 Å². The maximum absolute atomic E-state index is 12.5. The monoisotopic (exact) mass is 301 g/mol. The molecule has 0 aromatic heterocycles. The molecule has 0 fully saturated rings. The molecule has 22 heavy (non-hydrogen) atoms. The molecule has 4 heteroatoms. The third-order valence-corrected chi connectivity index (χ3v) is 3.92. The molecular weight excluding hydrogens is 278 g/mol. The van der Waals surface area contributed by atoms with Gasteiger partial charge < -0.3 is 9.94 Å². The van der Waals surface area contributed by atoms with Crippen LogP contribution in [0.15, 0.2) is 40.8 Å². The lowest BCUT2D eigenvalue weighted by molar-refractivity contribution is -0.116. The Bertz CT molecular complexity index is 599. The van der Waals surface area contributed by atoms with Crippen LogP contribution < -0.4 is 0 Å². The summed E-state index contributed by atoms with van der Waals surface area (Å²) < 4.78 is 0. The first kappa shape index (κ1) is 16.3. The highest BCUT2D eigenvalue weighted by Gasteiger charge is 2.31. The molecule has 0 radical (unpaired) electrons.